The summed E-state index contributed by atoms with van der Waals surface area (Å²) in [5.41, 5.74) is 21.3. The molecule has 5 amide bonds. The molecule has 0 aromatic rings. The van der Waals surface area contributed by atoms with E-state index in [1.807, 2.05) is 0 Å². The predicted molar refractivity (Wildman–Crippen MR) is 130 cm³/mol. The van der Waals surface area contributed by atoms with Crippen molar-refractivity contribution >= 4 is 35.5 Å². The summed E-state index contributed by atoms with van der Waals surface area (Å²) in [5.74, 6) is -5.16. The number of hydrogen-bond acceptors (Lipinski definition) is 9. The normalized spacial score (nSPS) is 14.0. The molecule has 36 heavy (non-hydrogen) atoms. The van der Waals surface area contributed by atoms with Crippen molar-refractivity contribution in [3.05, 3.63) is 0 Å². The lowest BCUT2D eigenvalue weighted by molar-refractivity contribution is -0.142. The molecule has 0 aromatic carbocycles. The van der Waals surface area contributed by atoms with Crippen LogP contribution in [0, 0.1) is 0 Å². The number of nitrogens with two attached hydrogens (primary N) is 4. The van der Waals surface area contributed by atoms with Crippen LogP contribution in [-0.4, -0.2) is 84.4 Å². The Morgan fingerprint density at radius 2 is 1.17 bits per heavy atom. The van der Waals surface area contributed by atoms with Crippen LogP contribution in [0.5, 0.6) is 0 Å². The first-order chi connectivity index (χ1) is 17.0. The van der Waals surface area contributed by atoms with E-state index in [9.17, 15) is 33.9 Å². The topological polar surface area (TPSA) is 275 Å². The number of primary amides is 1. The fraction of sp³-hybridized carbons (Fsp3) is 0.714. The van der Waals surface area contributed by atoms with Crippen molar-refractivity contribution in [2.24, 2.45) is 22.9 Å². The van der Waals surface area contributed by atoms with Crippen molar-refractivity contribution in [3.63, 3.8) is 0 Å². The van der Waals surface area contributed by atoms with E-state index >= 15 is 0 Å². The predicted octanol–water partition coefficient (Wildman–Crippen LogP) is -3.88. The van der Waals surface area contributed by atoms with Crippen LogP contribution in [0.3, 0.4) is 0 Å². The molecule has 0 aliphatic rings. The smallest absolute Gasteiger partial charge is 0.326 e. The van der Waals surface area contributed by atoms with Crippen molar-refractivity contribution in [2.45, 2.75) is 76.0 Å². The molecule has 13 N–H and O–H groups in total. The lowest BCUT2D eigenvalue weighted by Gasteiger charge is -2.25. The summed E-state index contributed by atoms with van der Waals surface area (Å²) >= 11 is 0. The molecule has 0 fully saturated rings. The molecule has 206 valence electrons. The lowest BCUT2D eigenvalue weighted by atomic mass is 10.0. The first-order valence-corrected chi connectivity index (χ1v) is 11.8. The zero-order valence-electron chi connectivity index (χ0n) is 20.6. The summed E-state index contributed by atoms with van der Waals surface area (Å²) in [5, 5.41) is 18.9. The minimum absolute atomic E-state index is 0.129. The molecule has 15 heteroatoms. The van der Waals surface area contributed by atoms with Crippen molar-refractivity contribution in [1.29, 1.82) is 0 Å². The van der Waals surface area contributed by atoms with Gasteiger partial charge in [-0.15, -0.1) is 0 Å². The molecule has 0 saturated carbocycles. The van der Waals surface area contributed by atoms with Crippen LogP contribution in [0.15, 0.2) is 0 Å². The Balaban J connectivity index is 5.51. The summed E-state index contributed by atoms with van der Waals surface area (Å²) in [6.07, 6.45) is 1.73. The van der Waals surface area contributed by atoms with Gasteiger partial charge >= 0.3 is 5.97 Å². The van der Waals surface area contributed by atoms with E-state index in [-0.39, 0.29) is 19.4 Å². The first-order valence-electron chi connectivity index (χ1n) is 11.8. The second-order valence-electron chi connectivity index (χ2n) is 8.25. The number of carbonyl (C=O) groups excluding carboxylic acids is 5. The van der Waals surface area contributed by atoms with Gasteiger partial charge in [0.1, 0.15) is 24.2 Å². The zero-order chi connectivity index (χ0) is 27.7. The zero-order valence-corrected chi connectivity index (χ0v) is 20.6. The van der Waals surface area contributed by atoms with E-state index in [0.717, 1.165) is 0 Å². The molecule has 0 rings (SSSR count). The third kappa shape index (κ3) is 13.6. The van der Waals surface area contributed by atoms with Crippen molar-refractivity contribution in [1.82, 2.24) is 21.3 Å². The van der Waals surface area contributed by atoms with Gasteiger partial charge in [-0.1, -0.05) is 0 Å². The molecule has 0 heterocycles. The van der Waals surface area contributed by atoms with E-state index in [4.69, 9.17) is 22.9 Å². The highest BCUT2D eigenvalue weighted by molar-refractivity contribution is 5.96. The largest absolute Gasteiger partial charge is 0.480 e. The maximum absolute atomic E-state index is 12.9. The second-order valence-corrected chi connectivity index (χ2v) is 8.25. The molecule has 0 aliphatic heterocycles. The Morgan fingerprint density at radius 1 is 0.694 bits per heavy atom. The van der Waals surface area contributed by atoms with E-state index < -0.39 is 66.1 Å². The molecule has 0 unspecified atom stereocenters. The highest BCUT2D eigenvalue weighted by Gasteiger charge is 2.31. The molecule has 0 spiro atoms. The quantitative estimate of drug-likeness (QED) is 0.0753. The summed E-state index contributed by atoms with van der Waals surface area (Å²) in [4.78, 5) is 72.7. The molecule has 0 aliphatic carbocycles. The highest BCUT2D eigenvalue weighted by Crippen LogP contribution is 2.06. The number of amides is 5. The van der Waals surface area contributed by atoms with Gasteiger partial charge in [0.15, 0.2) is 0 Å². The molecule has 0 bridgehead atoms. The van der Waals surface area contributed by atoms with Crippen molar-refractivity contribution < 1.29 is 33.9 Å². The van der Waals surface area contributed by atoms with Crippen LogP contribution in [0.2, 0.25) is 0 Å². The Morgan fingerprint density at radius 3 is 1.64 bits per heavy atom. The summed E-state index contributed by atoms with van der Waals surface area (Å²) < 4.78 is 0. The first kappa shape index (κ1) is 32.7. The van der Waals surface area contributed by atoms with Crippen LogP contribution >= 0.6 is 0 Å². The summed E-state index contributed by atoms with van der Waals surface area (Å²) in [6.45, 7) is 1.71. The number of rotatable bonds is 19. The van der Waals surface area contributed by atoms with Crippen LogP contribution < -0.4 is 44.2 Å². The molecule has 15 nitrogen and oxygen atoms in total. The van der Waals surface area contributed by atoms with Gasteiger partial charge in [0, 0.05) is 0 Å². The van der Waals surface area contributed by atoms with Crippen LogP contribution in [-0.2, 0) is 28.8 Å². The van der Waals surface area contributed by atoms with Gasteiger partial charge in [-0.3, -0.25) is 24.0 Å². The third-order valence-electron chi connectivity index (χ3n) is 5.14. The van der Waals surface area contributed by atoms with Gasteiger partial charge in [0.25, 0.3) is 0 Å². The number of carboxylic acids is 1. The molecular formula is C21H40N8O7. The number of unbranched alkanes of at least 4 members (excludes halogenated alkanes) is 2. The lowest BCUT2D eigenvalue weighted by Crippen LogP contribution is -2.58. The number of carboxylic acid groups (broad SMARTS) is 1. The summed E-state index contributed by atoms with van der Waals surface area (Å²) in [6, 6.07) is -4.87. The highest BCUT2D eigenvalue weighted by atomic mass is 16.4. The number of aliphatic carboxylic acids is 1. The molecule has 0 aromatic heterocycles. The number of hydrogen-bond donors (Lipinski definition) is 9. The maximum atomic E-state index is 12.9. The Labute approximate surface area is 209 Å². The van der Waals surface area contributed by atoms with Gasteiger partial charge in [-0.25, -0.2) is 4.79 Å². The van der Waals surface area contributed by atoms with Crippen molar-refractivity contribution in [3.8, 4) is 0 Å². The van der Waals surface area contributed by atoms with E-state index in [1.54, 1.807) is 0 Å². The average Bonchev–Trinajstić information content (AvgIpc) is 2.81. The second kappa shape index (κ2) is 18.0. The van der Waals surface area contributed by atoms with Crippen LogP contribution in [0.25, 0.3) is 0 Å². The fourth-order valence-corrected chi connectivity index (χ4v) is 3.13. The fourth-order valence-electron chi connectivity index (χ4n) is 3.13. The van der Waals surface area contributed by atoms with Gasteiger partial charge in [0.05, 0.1) is 13.0 Å². The standard InChI is InChI=1S/C21H40N8O7/c1-12(26-17(31)11-24)18(32)29-15(10-16(25)30)20(34)27-13(6-2-4-8-22)19(33)28-14(21(35)36)7-3-5-9-23/h12-15H,2-11,22-24H2,1H3,(H2,25,30)(H,26,31)(H,27,34)(H,28,33)(H,29,32)(H,35,36)/t12-,13-,14-,15-/m0/s1. The Kier molecular flexibility index (Phi) is 16.4. The average molecular weight is 517 g/mol. The maximum Gasteiger partial charge on any atom is 0.326 e. The van der Waals surface area contributed by atoms with Gasteiger partial charge in [-0.05, 0) is 58.5 Å². The molecule has 0 radical (unpaired) electrons. The summed E-state index contributed by atoms with van der Waals surface area (Å²) in [7, 11) is 0. The molecular weight excluding hydrogens is 476 g/mol. The number of carbonyl (C=O) groups is 6. The van der Waals surface area contributed by atoms with Crippen LogP contribution in [0.4, 0.5) is 0 Å². The van der Waals surface area contributed by atoms with Gasteiger partial charge in [-0.2, -0.15) is 0 Å². The van der Waals surface area contributed by atoms with Gasteiger partial charge < -0.3 is 49.3 Å². The van der Waals surface area contributed by atoms with Crippen LogP contribution in [0.1, 0.15) is 51.9 Å². The Bertz CT molecular complexity index is 765. The van der Waals surface area contributed by atoms with Crippen molar-refractivity contribution in [2.75, 3.05) is 19.6 Å². The van der Waals surface area contributed by atoms with E-state index in [1.165, 1.54) is 6.92 Å². The van der Waals surface area contributed by atoms with E-state index in [0.29, 0.717) is 38.8 Å². The van der Waals surface area contributed by atoms with E-state index in [2.05, 4.69) is 21.3 Å². The SMILES string of the molecule is C[C@H](NC(=O)CN)C(=O)N[C@@H](CC(N)=O)C(=O)N[C@@H](CCCCN)C(=O)N[C@@H](CCCCN)C(=O)O. The monoisotopic (exact) mass is 516 g/mol. The minimum atomic E-state index is -1.45. The molecule has 0 saturated heterocycles. The Hall–Kier alpha value is -3.30. The molecule has 4 atom stereocenters. The minimum Gasteiger partial charge on any atom is -0.480 e. The third-order valence-corrected chi connectivity index (χ3v) is 5.14. The van der Waals surface area contributed by atoms with Gasteiger partial charge in [0.2, 0.25) is 29.5 Å². The number of nitrogens with one attached hydrogen (secondary N) is 4.